The Morgan fingerprint density at radius 1 is 1.14 bits per heavy atom. The molecule has 0 aromatic heterocycles. The third-order valence-electron chi connectivity index (χ3n) is 14.5. The van der Waals surface area contributed by atoms with Gasteiger partial charge in [0.1, 0.15) is 6.10 Å². The minimum Gasteiger partial charge on any atom is -0.458 e. The zero-order chi connectivity index (χ0) is 30.0. The van der Waals surface area contributed by atoms with Crippen molar-refractivity contribution < 1.29 is 24.5 Å². The van der Waals surface area contributed by atoms with Crippen molar-refractivity contribution in [1.82, 2.24) is 0 Å². The second kappa shape index (κ2) is 9.17. The molecule has 2 heterocycles. The monoisotopic (exact) mass is 584 g/mol. The molecule has 7 aliphatic rings. The van der Waals surface area contributed by atoms with Crippen molar-refractivity contribution in [2.75, 3.05) is 13.2 Å². The van der Waals surface area contributed by atoms with Gasteiger partial charge in [-0.15, -0.1) is 0 Å². The van der Waals surface area contributed by atoms with E-state index in [9.17, 15) is 15.0 Å². The number of benzene rings is 1. The van der Waals surface area contributed by atoms with E-state index >= 15 is 0 Å². The van der Waals surface area contributed by atoms with Gasteiger partial charge in [0.25, 0.3) is 0 Å². The molecule has 1 aromatic carbocycles. The van der Waals surface area contributed by atoms with E-state index in [0.717, 1.165) is 44.1 Å². The highest BCUT2D eigenvalue weighted by Crippen LogP contribution is 2.89. The molecule has 5 heteroatoms. The molecular weight excluding hydrogens is 536 g/mol. The SMILES string of the molecule is C/C(=C\[C@H]1C[C@@H](C2CC[C@]34C[C@]23C=C[C@@H]2[C@@]3(C)CC=C5C[C@@H](c6ccccc6)OC[C@]5(C)[C@@H]3C[C@@H](O)[C@]24C)C(=O)O1)CO. The maximum Gasteiger partial charge on any atom is 0.309 e. The van der Waals surface area contributed by atoms with Crippen LogP contribution in [0.4, 0.5) is 0 Å². The van der Waals surface area contributed by atoms with Crippen LogP contribution in [0.3, 0.4) is 0 Å². The number of cyclic esters (lactones) is 1. The first kappa shape index (κ1) is 28.3. The van der Waals surface area contributed by atoms with E-state index < -0.39 is 0 Å². The van der Waals surface area contributed by atoms with Crippen LogP contribution in [0.1, 0.15) is 84.3 Å². The predicted octanol–water partition coefficient (Wildman–Crippen LogP) is 6.72. The molecule has 0 bridgehead atoms. The molecule has 8 rings (SSSR count). The smallest absolute Gasteiger partial charge is 0.309 e. The summed E-state index contributed by atoms with van der Waals surface area (Å²) in [6.07, 6.45) is 15.6. The van der Waals surface area contributed by atoms with E-state index in [-0.39, 0.29) is 75.7 Å². The molecule has 3 saturated carbocycles. The minimum atomic E-state index is -0.386. The first-order chi connectivity index (χ1) is 20.5. The third kappa shape index (κ3) is 3.48. The summed E-state index contributed by atoms with van der Waals surface area (Å²) in [7, 11) is 0. The Labute approximate surface area is 256 Å². The summed E-state index contributed by atoms with van der Waals surface area (Å²) in [5.74, 6) is 0.706. The van der Waals surface area contributed by atoms with Crippen molar-refractivity contribution in [2.24, 2.45) is 50.7 Å². The van der Waals surface area contributed by atoms with E-state index in [2.05, 4.69) is 69.3 Å². The van der Waals surface area contributed by atoms with Crippen molar-refractivity contribution in [1.29, 1.82) is 0 Å². The van der Waals surface area contributed by atoms with E-state index in [1.807, 2.05) is 13.0 Å². The number of hydrogen-bond acceptors (Lipinski definition) is 5. The van der Waals surface area contributed by atoms with Gasteiger partial charge >= 0.3 is 5.97 Å². The van der Waals surface area contributed by atoms with Crippen molar-refractivity contribution in [3.8, 4) is 0 Å². The maximum absolute atomic E-state index is 13.2. The molecule has 43 heavy (non-hydrogen) atoms. The van der Waals surface area contributed by atoms with Crippen LogP contribution < -0.4 is 0 Å². The number of aliphatic hydroxyl groups is 2. The zero-order valence-corrected chi connectivity index (χ0v) is 26.2. The van der Waals surface area contributed by atoms with Crippen LogP contribution in [0.15, 0.2) is 65.8 Å². The molecule has 0 spiro atoms. The van der Waals surface area contributed by atoms with Crippen LogP contribution in [0.5, 0.6) is 0 Å². The molecule has 1 aromatic rings. The van der Waals surface area contributed by atoms with Gasteiger partial charge in [0.15, 0.2) is 0 Å². The molecular formula is C38H48O5. The van der Waals surface area contributed by atoms with Crippen LogP contribution in [-0.2, 0) is 14.3 Å². The van der Waals surface area contributed by atoms with Gasteiger partial charge in [-0.05, 0) is 96.7 Å². The van der Waals surface area contributed by atoms with Crippen LogP contribution in [0.25, 0.3) is 0 Å². The molecule has 2 saturated heterocycles. The third-order valence-corrected chi connectivity index (χ3v) is 14.5. The first-order valence-electron chi connectivity index (χ1n) is 16.7. The van der Waals surface area contributed by atoms with Crippen LogP contribution in [0, 0.1) is 50.7 Å². The molecule has 0 radical (unpaired) electrons. The van der Waals surface area contributed by atoms with Gasteiger partial charge in [0, 0.05) is 17.3 Å². The van der Waals surface area contributed by atoms with Gasteiger partial charge in [-0.3, -0.25) is 4.79 Å². The molecule has 230 valence electrons. The second-order valence-corrected chi connectivity index (χ2v) is 16.1. The average Bonchev–Trinajstić information content (AvgIpc) is 3.39. The number of esters is 1. The number of fused-ring (bicyclic) bond motifs is 5. The van der Waals surface area contributed by atoms with Crippen molar-refractivity contribution in [3.05, 3.63) is 71.3 Å². The Balaban J connectivity index is 1.11. The normalized spacial score (nSPS) is 51.4. The lowest BCUT2D eigenvalue weighted by atomic mass is 9.38. The quantitative estimate of drug-likeness (QED) is 0.304. The Kier molecular flexibility index (Phi) is 6.03. The topological polar surface area (TPSA) is 76.0 Å². The van der Waals surface area contributed by atoms with Gasteiger partial charge in [-0.2, -0.15) is 0 Å². The Bertz CT molecular complexity index is 1430. The average molecular weight is 585 g/mol. The van der Waals surface area contributed by atoms with Gasteiger partial charge in [0.2, 0.25) is 0 Å². The first-order valence-corrected chi connectivity index (χ1v) is 16.7. The number of rotatable bonds is 4. The summed E-state index contributed by atoms with van der Waals surface area (Å²) in [5, 5.41) is 21.8. The minimum absolute atomic E-state index is 0.00914. The maximum atomic E-state index is 13.2. The standard InChI is InChI=1S/C38H48O5/c1-23(20-39)16-26-18-27(33(41)43-26)28-11-15-38-21-37(28,38)14-12-30-34(2)13-10-25-17-29(24-8-6-5-7-9-24)42-22-35(25,3)31(34)19-32(40)36(30,38)4/h5-10,12,14,16,26-32,39-40H,11,13,15,17-22H2,1-4H3/b23-16+/t26-,27-,28?,29-,30+,31+,32+,34+,35-,36-,37+,38+/m0/s1. The molecule has 5 fully saturated rings. The van der Waals surface area contributed by atoms with E-state index in [0.29, 0.717) is 18.9 Å². The van der Waals surface area contributed by atoms with Gasteiger partial charge < -0.3 is 19.7 Å². The zero-order valence-electron chi connectivity index (χ0n) is 26.2. The molecule has 12 atom stereocenters. The second-order valence-electron chi connectivity index (χ2n) is 16.1. The molecule has 5 nitrogen and oxygen atoms in total. The highest BCUT2D eigenvalue weighted by atomic mass is 16.5. The highest BCUT2D eigenvalue weighted by Gasteiger charge is 2.84. The van der Waals surface area contributed by atoms with Crippen LogP contribution in [0.2, 0.25) is 0 Å². The number of carbonyl (C=O) groups excluding carboxylic acids is 1. The highest BCUT2D eigenvalue weighted by molar-refractivity contribution is 5.76. The van der Waals surface area contributed by atoms with E-state index in [1.54, 1.807) is 0 Å². The fourth-order valence-electron chi connectivity index (χ4n) is 12.3. The van der Waals surface area contributed by atoms with Gasteiger partial charge in [-0.1, -0.05) is 74.9 Å². The summed E-state index contributed by atoms with van der Waals surface area (Å²) < 4.78 is 12.5. The lowest BCUT2D eigenvalue weighted by Crippen LogP contribution is -2.64. The van der Waals surface area contributed by atoms with Gasteiger partial charge in [0.05, 0.1) is 31.3 Å². The number of carbonyl (C=O) groups is 1. The predicted molar refractivity (Wildman–Crippen MR) is 165 cm³/mol. The molecule has 1 unspecified atom stereocenters. The van der Waals surface area contributed by atoms with Crippen molar-refractivity contribution in [3.63, 3.8) is 0 Å². The lowest BCUT2D eigenvalue weighted by Gasteiger charge is -2.67. The van der Waals surface area contributed by atoms with Crippen molar-refractivity contribution >= 4 is 5.97 Å². The number of hydrogen-bond donors (Lipinski definition) is 2. The summed E-state index contributed by atoms with van der Waals surface area (Å²) in [6, 6.07) is 10.6. The number of aliphatic hydroxyl groups excluding tert-OH is 2. The fraction of sp³-hybridized carbons (Fsp3) is 0.658. The van der Waals surface area contributed by atoms with E-state index in [4.69, 9.17) is 9.47 Å². The molecule has 2 aliphatic heterocycles. The van der Waals surface area contributed by atoms with Crippen LogP contribution >= 0.6 is 0 Å². The van der Waals surface area contributed by atoms with Gasteiger partial charge in [-0.25, -0.2) is 0 Å². The number of allylic oxidation sites excluding steroid dienone is 3. The summed E-state index contributed by atoms with van der Waals surface area (Å²) in [4.78, 5) is 13.2. The Morgan fingerprint density at radius 3 is 2.70 bits per heavy atom. The molecule has 0 amide bonds. The Hall–Kier alpha value is -2.21. The van der Waals surface area contributed by atoms with Crippen molar-refractivity contribution in [2.45, 2.75) is 91.0 Å². The summed E-state index contributed by atoms with van der Waals surface area (Å²) in [6.45, 7) is 9.90. The molecule has 2 N–H and O–H groups in total. The molecule has 5 aliphatic carbocycles. The Morgan fingerprint density at radius 2 is 1.93 bits per heavy atom. The fourth-order valence-corrected chi connectivity index (χ4v) is 12.3. The summed E-state index contributed by atoms with van der Waals surface area (Å²) in [5.41, 5.74) is 3.38. The lowest BCUT2D eigenvalue weighted by molar-refractivity contribution is -0.199. The largest absolute Gasteiger partial charge is 0.458 e. The van der Waals surface area contributed by atoms with E-state index in [1.165, 1.54) is 11.1 Å². The summed E-state index contributed by atoms with van der Waals surface area (Å²) >= 11 is 0. The number of ether oxygens (including phenoxy) is 2. The van der Waals surface area contributed by atoms with Crippen LogP contribution in [-0.4, -0.2) is 41.6 Å².